The van der Waals surface area contributed by atoms with Crippen LogP contribution in [0.25, 0.3) is 11.0 Å². The molecule has 1 amide bonds. The lowest BCUT2D eigenvalue weighted by atomic mass is 9.70. The van der Waals surface area contributed by atoms with Crippen molar-refractivity contribution in [2.24, 2.45) is 11.3 Å². The van der Waals surface area contributed by atoms with Gasteiger partial charge in [-0.15, -0.1) is 0 Å². The van der Waals surface area contributed by atoms with E-state index in [1.807, 2.05) is 13.8 Å². The van der Waals surface area contributed by atoms with Gasteiger partial charge < -0.3 is 25.0 Å². The molecule has 1 spiro atoms. The Morgan fingerprint density at radius 1 is 0.971 bits per heavy atom. The van der Waals surface area contributed by atoms with Gasteiger partial charge in [-0.3, -0.25) is 19.8 Å². The molecule has 2 saturated carbocycles. The highest BCUT2D eigenvalue weighted by atomic mass is 32.2. The van der Waals surface area contributed by atoms with Gasteiger partial charge in [-0.1, -0.05) is 58.4 Å². The molecule has 2 aliphatic carbocycles. The Morgan fingerprint density at radius 2 is 1.71 bits per heavy atom. The minimum atomic E-state index is -4.64. The number of benzene rings is 3. The lowest BCUT2D eigenvalue weighted by molar-refractivity contribution is -0.384. The second-order valence-corrected chi connectivity index (χ2v) is 22.5. The molecule has 5 aromatic rings. The molecule has 3 aromatic carbocycles. The van der Waals surface area contributed by atoms with Crippen LogP contribution in [0.1, 0.15) is 137 Å². The van der Waals surface area contributed by atoms with Gasteiger partial charge in [-0.05, 0) is 129 Å². The fraction of sp³-hybridized carbons (Fsp3) is 0.500. The van der Waals surface area contributed by atoms with E-state index in [4.69, 9.17) is 4.74 Å². The molecule has 362 valence electrons. The number of ether oxygens (including phenoxy) is 1. The Hall–Kier alpha value is -5.58. The zero-order chi connectivity index (χ0) is 48.1. The number of nitrogens with one attached hydrogen (secondary N) is 3. The van der Waals surface area contributed by atoms with E-state index in [-0.39, 0.29) is 45.4 Å². The number of hydrogen-bond acceptors (Lipinski definition) is 11. The molecule has 4 fully saturated rings. The Labute approximate surface area is 398 Å². The highest BCUT2D eigenvalue weighted by Gasteiger charge is 2.49. The second kappa shape index (κ2) is 18.7. The number of pyridine rings is 1. The van der Waals surface area contributed by atoms with Crippen molar-refractivity contribution in [2.75, 3.05) is 42.9 Å². The van der Waals surface area contributed by atoms with Gasteiger partial charge in [0.15, 0.2) is 0 Å². The SMILES string of the molecule is CC(C)c1ccccc1[C@H]1CCC[C@H]1N1CC2(CCN(c3ccc(C(=O)NS(=O)(=O)c4ccc(NC[C@H]5CC[C@](C)(O)CC5)c([N+](=O)[O-])c4)c(Oc4cc5c(F)c[nH]c5nc4C(C)C)c3)CC2)C1. The van der Waals surface area contributed by atoms with Gasteiger partial charge in [-0.25, -0.2) is 22.5 Å². The molecule has 2 aromatic heterocycles. The van der Waals surface area contributed by atoms with Crippen LogP contribution in [0.15, 0.2) is 77.8 Å². The van der Waals surface area contributed by atoms with Crippen molar-refractivity contribution in [3.05, 3.63) is 111 Å². The van der Waals surface area contributed by atoms with Crippen LogP contribution in [0.4, 0.5) is 21.5 Å². The summed E-state index contributed by atoms with van der Waals surface area (Å²) >= 11 is 0. The molecule has 68 heavy (non-hydrogen) atoms. The van der Waals surface area contributed by atoms with E-state index in [0.717, 1.165) is 63.6 Å². The van der Waals surface area contributed by atoms with E-state index in [1.165, 1.54) is 60.9 Å². The number of anilines is 2. The fourth-order valence-electron chi connectivity index (χ4n) is 11.3. The first-order valence-electron chi connectivity index (χ1n) is 24.3. The zero-order valence-corrected chi connectivity index (χ0v) is 40.5. The van der Waals surface area contributed by atoms with Crippen molar-refractivity contribution in [1.82, 2.24) is 19.6 Å². The topological polar surface area (TPSA) is 183 Å². The van der Waals surface area contributed by atoms with Crippen LogP contribution in [0.3, 0.4) is 0 Å². The number of halogens is 1. The molecule has 0 bridgehead atoms. The number of aromatic nitrogens is 2. The number of sulfonamides is 1. The predicted molar refractivity (Wildman–Crippen MR) is 262 cm³/mol. The number of carbonyl (C=O) groups is 1. The Balaban J connectivity index is 0.938. The molecule has 9 rings (SSSR count). The van der Waals surface area contributed by atoms with Crippen LogP contribution in [-0.2, 0) is 10.0 Å². The molecule has 16 heteroatoms. The summed E-state index contributed by atoms with van der Waals surface area (Å²) < 4.78 is 51.4. The monoisotopic (exact) mass is 949 g/mol. The third kappa shape index (κ3) is 9.68. The smallest absolute Gasteiger partial charge is 0.293 e. The van der Waals surface area contributed by atoms with Crippen LogP contribution < -0.4 is 19.7 Å². The van der Waals surface area contributed by atoms with Gasteiger partial charge in [0.2, 0.25) is 0 Å². The van der Waals surface area contributed by atoms with Crippen molar-refractivity contribution < 1.29 is 32.4 Å². The molecule has 2 aliphatic heterocycles. The van der Waals surface area contributed by atoms with E-state index >= 15 is 0 Å². The van der Waals surface area contributed by atoms with Crippen molar-refractivity contribution in [3.63, 3.8) is 0 Å². The molecular weight excluding hydrogens is 886 g/mol. The number of hydrogen-bond donors (Lipinski definition) is 4. The molecule has 0 unspecified atom stereocenters. The van der Waals surface area contributed by atoms with Crippen molar-refractivity contribution in [1.29, 1.82) is 0 Å². The Morgan fingerprint density at radius 3 is 2.41 bits per heavy atom. The average molecular weight is 950 g/mol. The summed E-state index contributed by atoms with van der Waals surface area (Å²) in [5.74, 6) is -0.217. The van der Waals surface area contributed by atoms with E-state index in [0.29, 0.717) is 48.6 Å². The summed E-state index contributed by atoms with van der Waals surface area (Å²) in [6, 6.07) is 19.6. The average Bonchev–Trinajstić information content (AvgIpc) is 3.93. The van der Waals surface area contributed by atoms with Gasteiger partial charge in [0, 0.05) is 62.8 Å². The molecule has 4 aliphatic rings. The first-order chi connectivity index (χ1) is 32.4. The van der Waals surface area contributed by atoms with Gasteiger partial charge in [0.1, 0.15) is 28.7 Å². The highest BCUT2D eigenvalue weighted by molar-refractivity contribution is 7.90. The standard InChI is InChI=1S/C52H64FN7O7S/c1-32(2)37-9-6-7-10-38(37)39-11-8-12-44(39)59-30-52(31-59)21-23-58(24-22-52)35-13-15-40(46(25-35)67-47-27-41-42(53)29-55-49(41)56-48(47)33(3)4)50(61)57-68(65,66)36-14-16-43(45(26-36)60(63)64)54-28-34-17-19-51(5,62)20-18-34/h6-7,9-10,13-16,25-27,29,32-34,39,44,54,62H,8,11-12,17-24,28,30-31H2,1-5H3,(H,55,56)(H,57,61)/t34-,39-,44-,51-/m1/s1. The molecular formula is C52H64FN7O7S. The minimum absolute atomic E-state index is 0.0491. The van der Waals surface area contributed by atoms with E-state index in [2.05, 4.69) is 67.9 Å². The van der Waals surface area contributed by atoms with E-state index in [9.17, 15) is 32.8 Å². The van der Waals surface area contributed by atoms with Gasteiger partial charge in [-0.2, -0.15) is 0 Å². The Bertz CT molecular complexity index is 2800. The van der Waals surface area contributed by atoms with Gasteiger partial charge in [0.25, 0.3) is 21.6 Å². The van der Waals surface area contributed by atoms with Crippen LogP contribution in [0, 0.1) is 27.3 Å². The number of fused-ring (bicyclic) bond motifs is 1. The summed E-state index contributed by atoms with van der Waals surface area (Å²) in [4.78, 5) is 37.8. The molecule has 4 heterocycles. The lowest BCUT2D eigenvalue weighted by Gasteiger charge is -2.57. The van der Waals surface area contributed by atoms with Crippen molar-refractivity contribution >= 4 is 44.0 Å². The van der Waals surface area contributed by atoms with E-state index < -0.39 is 42.9 Å². The second-order valence-electron chi connectivity index (χ2n) is 20.8. The number of nitrogens with zero attached hydrogens (tertiary/aromatic N) is 4. The summed E-state index contributed by atoms with van der Waals surface area (Å²) in [5, 5.41) is 25.9. The maximum absolute atomic E-state index is 14.9. The third-order valence-electron chi connectivity index (χ3n) is 15.3. The number of aliphatic hydroxyl groups is 1. The van der Waals surface area contributed by atoms with Crippen molar-refractivity contribution in [3.8, 4) is 11.5 Å². The molecule has 0 radical (unpaired) electrons. The zero-order valence-electron chi connectivity index (χ0n) is 39.7. The quantitative estimate of drug-likeness (QED) is 0.0614. The van der Waals surface area contributed by atoms with Crippen LogP contribution >= 0.6 is 0 Å². The fourth-order valence-corrected chi connectivity index (χ4v) is 12.3. The minimum Gasteiger partial charge on any atom is -0.454 e. The van der Waals surface area contributed by atoms with Gasteiger partial charge in [0.05, 0.1) is 32.1 Å². The van der Waals surface area contributed by atoms with Crippen LogP contribution in [0.2, 0.25) is 0 Å². The van der Waals surface area contributed by atoms with Crippen molar-refractivity contribution in [2.45, 2.75) is 127 Å². The summed E-state index contributed by atoms with van der Waals surface area (Å²) in [6.07, 6.45) is 9.64. The number of H-pyrrole nitrogens is 1. The predicted octanol–water partition coefficient (Wildman–Crippen LogP) is 10.4. The maximum Gasteiger partial charge on any atom is 0.293 e. The third-order valence-corrected chi connectivity index (χ3v) is 16.6. The number of piperidine rings is 1. The van der Waals surface area contributed by atoms with E-state index in [1.54, 1.807) is 19.1 Å². The number of nitro benzene ring substituents is 1. The first kappa shape index (κ1) is 47.5. The number of amides is 1. The number of likely N-dealkylation sites (tertiary alicyclic amines) is 1. The largest absolute Gasteiger partial charge is 0.454 e. The highest BCUT2D eigenvalue weighted by Crippen LogP contribution is 2.49. The molecule has 14 nitrogen and oxygen atoms in total. The van der Waals surface area contributed by atoms with Crippen LogP contribution in [-0.4, -0.2) is 83.6 Å². The number of nitro groups is 1. The van der Waals surface area contributed by atoms with Gasteiger partial charge >= 0.3 is 0 Å². The summed E-state index contributed by atoms with van der Waals surface area (Å²) in [7, 11) is -4.64. The summed E-state index contributed by atoms with van der Waals surface area (Å²) in [5.41, 5.74) is 3.71. The number of rotatable bonds is 14. The Kier molecular flexibility index (Phi) is 13.1. The first-order valence-corrected chi connectivity index (χ1v) is 25.8. The number of carbonyl (C=O) groups excluding carboxylic acids is 1. The molecule has 2 saturated heterocycles. The maximum atomic E-state index is 14.9. The van der Waals surface area contributed by atoms with Crippen LogP contribution in [0.5, 0.6) is 11.5 Å². The lowest BCUT2D eigenvalue weighted by Crippen LogP contribution is -2.63. The normalized spacial score (nSPS) is 23.0. The summed E-state index contributed by atoms with van der Waals surface area (Å²) in [6.45, 7) is 14.3. The number of aromatic amines is 1. The molecule has 2 atom stereocenters. The molecule has 4 N–H and O–H groups in total.